The van der Waals surface area contributed by atoms with Crippen LogP contribution in [0.3, 0.4) is 0 Å². The summed E-state index contributed by atoms with van der Waals surface area (Å²) >= 11 is 0. The summed E-state index contributed by atoms with van der Waals surface area (Å²) in [6, 6.07) is 2.97. The Morgan fingerprint density at radius 1 is 1.33 bits per heavy atom. The van der Waals surface area contributed by atoms with Crippen molar-refractivity contribution in [1.29, 1.82) is 0 Å². The highest BCUT2D eigenvalue weighted by molar-refractivity contribution is 5.93. The molecular weight excluding hydrogens is 310 g/mol. The van der Waals surface area contributed by atoms with E-state index in [0.717, 1.165) is 0 Å². The van der Waals surface area contributed by atoms with Gasteiger partial charge in [-0.1, -0.05) is 0 Å². The molecule has 8 nitrogen and oxygen atoms in total. The summed E-state index contributed by atoms with van der Waals surface area (Å²) in [6.45, 7) is 5.04. The van der Waals surface area contributed by atoms with Crippen LogP contribution in [0, 0.1) is 0 Å². The van der Waals surface area contributed by atoms with Crippen molar-refractivity contribution in [1.82, 2.24) is 25.8 Å². The molecule has 0 aromatic carbocycles. The molecular formula is C16H23N5O3. The van der Waals surface area contributed by atoms with E-state index in [0.29, 0.717) is 31.6 Å². The Bertz CT molecular complexity index is 591. The smallest absolute Gasteiger partial charge is 0.315 e. The van der Waals surface area contributed by atoms with Crippen LogP contribution in [0.25, 0.3) is 0 Å². The van der Waals surface area contributed by atoms with Crippen LogP contribution < -0.4 is 16.0 Å². The Kier molecular flexibility index (Phi) is 6.11. The first-order valence-electron chi connectivity index (χ1n) is 7.99. The highest BCUT2D eigenvalue weighted by atomic mass is 16.2. The van der Waals surface area contributed by atoms with Crippen molar-refractivity contribution in [2.75, 3.05) is 19.6 Å². The van der Waals surface area contributed by atoms with E-state index in [1.54, 1.807) is 23.2 Å². The van der Waals surface area contributed by atoms with Crippen LogP contribution >= 0.6 is 0 Å². The minimum absolute atomic E-state index is 0.0547. The highest BCUT2D eigenvalue weighted by Gasteiger charge is 2.31. The van der Waals surface area contributed by atoms with Crippen molar-refractivity contribution in [3.8, 4) is 0 Å². The molecule has 3 N–H and O–H groups in total. The topological polar surface area (TPSA) is 103 Å². The minimum Gasteiger partial charge on any atom is -0.350 e. The summed E-state index contributed by atoms with van der Waals surface area (Å²) in [5.74, 6) is -0.182. The second-order valence-electron chi connectivity index (χ2n) is 5.94. The van der Waals surface area contributed by atoms with Gasteiger partial charge in [-0.05, 0) is 26.0 Å². The average Bonchev–Trinajstić information content (AvgIpc) is 2.92. The van der Waals surface area contributed by atoms with E-state index in [9.17, 15) is 14.4 Å². The predicted molar refractivity (Wildman–Crippen MR) is 88.4 cm³/mol. The molecule has 1 aliphatic rings. The molecule has 0 aliphatic carbocycles. The maximum absolute atomic E-state index is 11.8. The Labute approximate surface area is 141 Å². The SMILES string of the molecule is CC(C)N1CC(NC(=O)NCCNC(=O)c2cccnc2)CC1=O. The van der Waals surface area contributed by atoms with E-state index in [-0.39, 0.29) is 29.9 Å². The van der Waals surface area contributed by atoms with Crippen molar-refractivity contribution < 1.29 is 14.4 Å². The van der Waals surface area contributed by atoms with E-state index in [1.165, 1.54) is 6.20 Å². The van der Waals surface area contributed by atoms with E-state index >= 15 is 0 Å². The lowest BCUT2D eigenvalue weighted by Gasteiger charge is -2.21. The Morgan fingerprint density at radius 3 is 2.71 bits per heavy atom. The van der Waals surface area contributed by atoms with Gasteiger partial charge in [-0.15, -0.1) is 0 Å². The van der Waals surface area contributed by atoms with Crippen LogP contribution in [0.15, 0.2) is 24.5 Å². The van der Waals surface area contributed by atoms with Crippen molar-refractivity contribution in [2.45, 2.75) is 32.4 Å². The van der Waals surface area contributed by atoms with Gasteiger partial charge in [0.05, 0.1) is 11.6 Å². The number of urea groups is 1. The van der Waals surface area contributed by atoms with Gasteiger partial charge in [0.25, 0.3) is 5.91 Å². The monoisotopic (exact) mass is 333 g/mol. The predicted octanol–water partition coefficient (Wildman–Crippen LogP) is 0.120. The van der Waals surface area contributed by atoms with Crippen LogP contribution in [0.2, 0.25) is 0 Å². The molecule has 130 valence electrons. The Hall–Kier alpha value is -2.64. The van der Waals surface area contributed by atoms with Crippen LogP contribution in [0.1, 0.15) is 30.6 Å². The van der Waals surface area contributed by atoms with Gasteiger partial charge in [-0.3, -0.25) is 14.6 Å². The number of carbonyl (C=O) groups excluding carboxylic acids is 3. The van der Waals surface area contributed by atoms with Gasteiger partial charge >= 0.3 is 6.03 Å². The molecule has 1 aromatic rings. The molecule has 8 heteroatoms. The summed E-state index contributed by atoms with van der Waals surface area (Å²) in [5, 5.41) is 8.14. The van der Waals surface area contributed by atoms with Crippen molar-refractivity contribution >= 4 is 17.8 Å². The quantitative estimate of drug-likeness (QED) is 0.643. The fraction of sp³-hybridized carbons (Fsp3) is 0.500. The van der Waals surface area contributed by atoms with Gasteiger partial charge in [-0.2, -0.15) is 0 Å². The lowest BCUT2D eigenvalue weighted by molar-refractivity contribution is -0.129. The average molecular weight is 333 g/mol. The molecule has 1 aromatic heterocycles. The summed E-state index contributed by atoms with van der Waals surface area (Å²) in [7, 11) is 0. The molecule has 4 amide bonds. The van der Waals surface area contributed by atoms with Gasteiger partial charge in [-0.25, -0.2) is 4.79 Å². The third-order valence-electron chi connectivity index (χ3n) is 3.74. The molecule has 2 rings (SSSR count). The molecule has 1 aliphatic heterocycles. The first-order valence-corrected chi connectivity index (χ1v) is 7.99. The molecule has 0 saturated carbocycles. The molecule has 0 radical (unpaired) electrons. The summed E-state index contributed by atoms with van der Waals surface area (Å²) in [4.78, 5) is 41.0. The molecule has 1 saturated heterocycles. The lowest BCUT2D eigenvalue weighted by atomic mass is 10.2. The number of nitrogens with zero attached hydrogens (tertiary/aromatic N) is 2. The van der Waals surface area contributed by atoms with Gasteiger partial charge in [0.15, 0.2) is 0 Å². The number of aromatic nitrogens is 1. The second kappa shape index (κ2) is 8.28. The molecule has 1 unspecified atom stereocenters. The van der Waals surface area contributed by atoms with Crippen LogP contribution in [0.4, 0.5) is 4.79 Å². The highest BCUT2D eigenvalue weighted by Crippen LogP contribution is 2.13. The number of hydrogen-bond donors (Lipinski definition) is 3. The summed E-state index contributed by atoms with van der Waals surface area (Å²) in [5.41, 5.74) is 0.472. The number of carbonyl (C=O) groups is 3. The molecule has 1 fully saturated rings. The zero-order valence-corrected chi connectivity index (χ0v) is 13.9. The number of likely N-dealkylation sites (tertiary alicyclic amines) is 1. The second-order valence-corrected chi connectivity index (χ2v) is 5.94. The number of amides is 4. The van der Waals surface area contributed by atoms with Gasteiger partial charge in [0, 0.05) is 44.5 Å². The molecule has 2 heterocycles. The van der Waals surface area contributed by atoms with Crippen molar-refractivity contribution in [3.63, 3.8) is 0 Å². The van der Waals surface area contributed by atoms with Crippen LogP contribution in [0.5, 0.6) is 0 Å². The number of nitrogens with one attached hydrogen (secondary N) is 3. The van der Waals surface area contributed by atoms with Crippen LogP contribution in [-0.2, 0) is 4.79 Å². The number of hydrogen-bond acceptors (Lipinski definition) is 4. The van der Waals surface area contributed by atoms with E-state index in [4.69, 9.17) is 0 Å². The fourth-order valence-corrected chi connectivity index (χ4v) is 2.51. The fourth-order valence-electron chi connectivity index (χ4n) is 2.51. The Morgan fingerprint density at radius 2 is 2.08 bits per heavy atom. The van der Waals surface area contributed by atoms with Crippen molar-refractivity contribution in [2.24, 2.45) is 0 Å². The Balaban J connectivity index is 1.64. The standard InChI is InChI=1S/C16H23N5O3/c1-11(2)21-10-13(8-14(21)22)20-16(24)19-7-6-18-15(23)12-4-3-5-17-9-12/h3-5,9,11,13H,6-8,10H2,1-2H3,(H,18,23)(H2,19,20,24). The van der Waals surface area contributed by atoms with Crippen LogP contribution in [-0.4, -0.2) is 59.4 Å². The molecule has 0 spiro atoms. The molecule has 1 atom stereocenters. The first-order chi connectivity index (χ1) is 11.5. The third-order valence-corrected chi connectivity index (χ3v) is 3.74. The largest absolute Gasteiger partial charge is 0.350 e. The lowest BCUT2D eigenvalue weighted by Crippen LogP contribution is -2.45. The molecule has 0 bridgehead atoms. The maximum atomic E-state index is 11.8. The summed E-state index contributed by atoms with van der Waals surface area (Å²) < 4.78 is 0. The zero-order chi connectivity index (χ0) is 17.5. The third kappa shape index (κ3) is 4.94. The minimum atomic E-state index is -0.339. The number of rotatable bonds is 6. The van der Waals surface area contributed by atoms with Gasteiger partial charge in [0.1, 0.15) is 0 Å². The molecule has 24 heavy (non-hydrogen) atoms. The number of pyridine rings is 1. The first kappa shape index (κ1) is 17.7. The van der Waals surface area contributed by atoms with E-state index in [1.807, 2.05) is 13.8 Å². The maximum Gasteiger partial charge on any atom is 0.315 e. The van der Waals surface area contributed by atoms with E-state index in [2.05, 4.69) is 20.9 Å². The summed E-state index contributed by atoms with van der Waals surface area (Å²) in [6.07, 6.45) is 3.40. The van der Waals surface area contributed by atoms with Gasteiger partial charge < -0.3 is 20.9 Å². The van der Waals surface area contributed by atoms with E-state index < -0.39 is 0 Å². The zero-order valence-electron chi connectivity index (χ0n) is 13.9. The normalized spacial score (nSPS) is 17.0. The van der Waals surface area contributed by atoms with Crippen molar-refractivity contribution in [3.05, 3.63) is 30.1 Å². The van der Waals surface area contributed by atoms with Gasteiger partial charge in [0.2, 0.25) is 5.91 Å².